The minimum atomic E-state index is 1.10. The van der Waals surface area contributed by atoms with Gasteiger partial charge < -0.3 is 14.7 Å². The van der Waals surface area contributed by atoms with E-state index in [9.17, 15) is 0 Å². The van der Waals surface area contributed by atoms with Crippen molar-refractivity contribution >= 4 is 114 Å². The molecule has 0 bridgehead atoms. The summed E-state index contributed by atoms with van der Waals surface area (Å²) in [7, 11) is 0. The van der Waals surface area contributed by atoms with Crippen LogP contribution >= 0.6 is 22.7 Å². The molecule has 11 rings (SSSR count). The Labute approximate surface area is 351 Å². The van der Waals surface area contributed by atoms with Crippen LogP contribution in [0.15, 0.2) is 224 Å². The predicted octanol–water partition coefficient (Wildman–Crippen LogP) is 16.8. The summed E-state index contributed by atoms with van der Waals surface area (Å²) in [4.78, 5) is 7.24. The molecule has 0 radical (unpaired) electrons. The van der Waals surface area contributed by atoms with Crippen LogP contribution in [-0.4, -0.2) is 0 Å². The van der Waals surface area contributed by atoms with Gasteiger partial charge in [-0.05, 0) is 109 Å². The van der Waals surface area contributed by atoms with Crippen molar-refractivity contribution in [2.75, 3.05) is 14.7 Å². The number of benzene rings is 9. The lowest BCUT2D eigenvalue weighted by Gasteiger charge is -2.31. The van der Waals surface area contributed by atoms with Crippen LogP contribution in [0.3, 0.4) is 0 Å². The van der Waals surface area contributed by atoms with E-state index in [1.807, 2.05) is 22.7 Å². The van der Waals surface area contributed by atoms with Crippen molar-refractivity contribution in [2.45, 2.75) is 0 Å². The second-order valence-electron chi connectivity index (χ2n) is 14.6. The smallest absolute Gasteiger partial charge is 0.0575 e. The number of hydrogen-bond acceptors (Lipinski definition) is 5. The van der Waals surface area contributed by atoms with Crippen LogP contribution < -0.4 is 14.7 Å². The average molecular weight is 792 g/mol. The Morgan fingerprint density at radius 3 is 1.25 bits per heavy atom. The van der Waals surface area contributed by atoms with E-state index in [-0.39, 0.29) is 0 Å². The Hall–Kier alpha value is -7.18. The summed E-state index contributed by atoms with van der Waals surface area (Å²) in [6, 6.07) is 81.0. The van der Waals surface area contributed by atoms with Crippen molar-refractivity contribution in [2.24, 2.45) is 0 Å². The molecule has 11 aromatic rings. The van der Waals surface area contributed by atoms with E-state index in [1.165, 1.54) is 40.3 Å². The van der Waals surface area contributed by atoms with Gasteiger partial charge in [0.1, 0.15) is 0 Å². The molecule has 0 spiro atoms. The molecule has 0 aliphatic heterocycles. The molecule has 0 unspecified atom stereocenters. The Balaban J connectivity index is 1.20. The monoisotopic (exact) mass is 791 g/mol. The molecule has 0 amide bonds. The van der Waals surface area contributed by atoms with Gasteiger partial charge in [-0.15, -0.1) is 22.7 Å². The lowest BCUT2D eigenvalue weighted by Crippen LogP contribution is -2.13. The first-order valence-electron chi connectivity index (χ1n) is 19.8. The van der Waals surface area contributed by atoms with Crippen LogP contribution in [0.5, 0.6) is 0 Å². The van der Waals surface area contributed by atoms with E-state index >= 15 is 0 Å². The Bertz CT molecular complexity index is 3140. The van der Waals surface area contributed by atoms with Crippen molar-refractivity contribution < 1.29 is 0 Å². The molecule has 0 saturated heterocycles. The fourth-order valence-electron chi connectivity index (χ4n) is 8.43. The summed E-state index contributed by atoms with van der Waals surface area (Å²) in [5.74, 6) is 0. The summed E-state index contributed by atoms with van der Waals surface area (Å²) in [6.07, 6.45) is 0. The molecule has 2 heterocycles. The summed E-state index contributed by atoms with van der Waals surface area (Å²) >= 11 is 3.71. The van der Waals surface area contributed by atoms with Gasteiger partial charge in [-0.25, -0.2) is 0 Å². The van der Waals surface area contributed by atoms with Crippen LogP contribution in [0, 0.1) is 0 Å². The molecule has 0 aliphatic carbocycles. The number of nitrogens with zero attached hydrogens (tertiary/aromatic N) is 3. The van der Waals surface area contributed by atoms with E-state index in [0.29, 0.717) is 0 Å². The fraction of sp³-hybridized carbons (Fsp3) is 0. The summed E-state index contributed by atoms with van der Waals surface area (Å²) in [6.45, 7) is 0. The minimum Gasteiger partial charge on any atom is -0.310 e. The maximum Gasteiger partial charge on any atom is 0.0575 e. The van der Waals surface area contributed by atoms with E-state index in [4.69, 9.17) is 0 Å². The highest BCUT2D eigenvalue weighted by atomic mass is 32.1. The molecule has 0 fully saturated rings. The van der Waals surface area contributed by atoms with Crippen LogP contribution in [0.1, 0.15) is 0 Å². The first-order valence-corrected chi connectivity index (χ1v) is 21.5. The number of para-hydroxylation sites is 5. The first-order chi connectivity index (χ1) is 29.3. The third kappa shape index (κ3) is 6.29. The molecule has 3 nitrogen and oxygen atoms in total. The highest BCUT2D eigenvalue weighted by Crippen LogP contribution is 2.52. The minimum absolute atomic E-state index is 1.10. The predicted molar refractivity (Wildman–Crippen MR) is 256 cm³/mol. The van der Waals surface area contributed by atoms with E-state index < -0.39 is 0 Å². The SMILES string of the molecule is c1ccc(N(c2ccccc2)c2cc(N(c3ccccc3)c3cccc4sc5ccc(N(c6ccccc6)c6ccccc6)cc5c34)c3c(c2)sc2ccccc23)cc1. The molecule has 280 valence electrons. The Morgan fingerprint density at radius 1 is 0.237 bits per heavy atom. The van der Waals surface area contributed by atoms with Crippen molar-refractivity contribution in [1.82, 2.24) is 0 Å². The van der Waals surface area contributed by atoms with Crippen LogP contribution in [0.4, 0.5) is 51.2 Å². The highest BCUT2D eigenvalue weighted by Gasteiger charge is 2.25. The first kappa shape index (κ1) is 35.0. The Morgan fingerprint density at radius 2 is 0.678 bits per heavy atom. The van der Waals surface area contributed by atoms with E-state index in [1.54, 1.807) is 0 Å². The lowest BCUT2D eigenvalue weighted by atomic mass is 10.0. The third-order valence-electron chi connectivity index (χ3n) is 11.0. The van der Waals surface area contributed by atoms with Gasteiger partial charge in [0.2, 0.25) is 0 Å². The standard InChI is InChI=1S/C54H37N3S2/c1-6-19-38(20-7-1)55(39-21-8-2-9-22-39)43-33-34-50-46(35-43)54-47(30-18-32-51(54)58-50)57(42-27-14-5-15-28-42)48-36-44(37-52-53(48)45-29-16-17-31-49(45)59-52)56(40-23-10-3-11-24-40)41-25-12-4-13-26-41/h1-37H. The van der Waals surface area contributed by atoms with Crippen molar-refractivity contribution in [1.29, 1.82) is 0 Å². The summed E-state index contributed by atoms with van der Waals surface area (Å²) in [5.41, 5.74) is 10.0. The van der Waals surface area contributed by atoms with Gasteiger partial charge in [-0.2, -0.15) is 0 Å². The zero-order chi connectivity index (χ0) is 39.1. The largest absolute Gasteiger partial charge is 0.310 e. The van der Waals surface area contributed by atoms with Gasteiger partial charge >= 0.3 is 0 Å². The van der Waals surface area contributed by atoms with Crippen molar-refractivity contribution in [3.05, 3.63) is 224 Å². The van der Waals surface area contributed by atoms with Gasteiger partial charge in [0.25, 0.3) is 0 Å². The topological polar surface area (TPSA) is 9.72 Å². The number of fused-ring (bicyclic) bond motifs is 6. The van der Waals surface area contributed by atoms with Crippen molar-refractivity contribution in [3.63, 3.8) is 0 Å². The molecular formula is C54H37N3S2. The average Bonchev–Trinajstić information content (AvgIpc) is 3.87. The number of anilines is 9. The molecule has 9 aromatic carbocycles. The molecule has 2 aromatic heterocycles. The van der Waals surface area contributed by atoms with Crippen molar-refractivity contribution in [3.8, 4) is 0 Å². The third-order valence-corrected chi connectivity index (χ3v) is 13.2. The quantitative estimate of drug-likeness (QED) is 0.144. The number of thiophene rings is 2. The fourth-order valence-corrected chi connectivity index (χ4v) is 10.7. The number of rotatable bonds is 9. The molecule has 0 saturated carbocycles. The lowest BCUT2D eigenvalue weighted by molar-refractivity contribution is 1.27. The van der Waals surface area contributed by atoms with Gasteiger partial charge in [0.05, 0.1) is 11.4 Å². The second-order valence-corrected chi connectivity index (χ2v) is 16.7. The molecule has 0 N–H and O–H groups in total. The van der Waals surface area contributed by atoms with Crippen LogP contribution in [0.2, 0.25) is 0 Å². The summed E-state index contributed by atoms with van der Waals surface area (Å²) < 4.78 is 5.01. The molecule has 0 aliphatic rings. The van der Waals surface area contributed by atoms with Gasteiger partial charge in [0.15, 0.2) is 0 Å². The Kier molecular flexibility index (Phi) is 8.88. The van der Waals surface area contributed by atoms with Gasteiger partial charge in [-0.3, -0.25) is 0 Å². The van der Waals surface area contributed by atoms with Gasteiger partial charge in [-0.1, -0.05) is 115 Å². The highest BCUT2D eigenvalue weighted by molar-refractivity contribution is 7.26. The molecule has 59 heavy (non-hydrogen) atoms. The molecule has 0 atom stereocenters. The molecule has 5 heteroatoms. The van der Waals surface area contributed by atoms with Crippen LogP contribution in [-0.2, 0) is 0 Å². The maximum absolute atomic E-state index is 2.51. The zero-order valence-corrected chi connectivity index (χ0v) is 33.7. The summed E-state index contributed by atoms with van der Waals surface area (Å²) in [5, 5.41) is 4.97. The van der Waals surface area contributed by atoms with Crippen LogP contribution in [0.25, 0.3) is 40.3 Å². The van der Waals surface area contributed by atoms with Gasteiger partial charge in [0, 0.05) is 80.2 Å². The van der Waals surface area contributed by atoms with E-state index in [2.05, 4.69) is 239 Å². The second kappa shape index (κ2) is 15.0. The maximum atomic E-state index is 2.51. The number of hydrogen-bond donors (Lipinski definition) is 0. The zero-order valence-electron chi connectivity index (χ0n) is 32.0. The molecular weight excluding hydrogens is 755 g/mol. The van der Waals surface area contributed by atoms with E-state index in [0.717, 1.165) is 51.2 Å². The normalized spacial score (nSPS) is 11.4.